The summed E-state index contributed by atoms with van der Waals surface area (Å²) in [5.74, 6) is 0.445. The van der Waals surface area contributed by atoms with Crippen molar-refractivity contribution in [2.75, 3.05) is 6.26 Å². The first-order valence-corrected chi connectivity index (χ1v) is 8.68. The quantitative estimate of drug-likeness (QED) is 0.360. The number of unbranched alkanes of at least 4 members (excludes halogenated alkanes) is 3. The van der Waals surface area contributed by atoms with Gasteiger partial charge in [-0.15, -0.1) is 11.8 Å². The first-order valence-electron chi connectivity index (χ1n) is 7.39. The number of nitrogens with one attached hydrogen (secondary N) is 1. The molecular weight excluding hydrogens is 266 g/mol. The molecule has 0 saturated heterocycles. The van der Waals surface area contributed by atoms with Crippen LogP contribution in [-0.2, 0) is 4.79 Å². The maximum absolute atomic E-state index is 11.6. The zero-order valence-corrected chi connectivity index (χ0v) is 14.1. The van der Waals surface area contributed by atoms with Crippen LogP contribution in [0.4, 0.5) is 0 Å². The van der Waals surface area contributed by atoms with Gasteiger partial charge in [-0.2, -0.15) is 0 Å². The van der Waals surface area contributed by atoms with E-state index in [1.807, 2.05) is 19.1 Å². The van der Waals surface area contributed by atoms with E-state index in [-0.39, 0.29) is 11.9 Å². The minimum absolute atomic E-state index is 0.0157. The van der Waals surface area contributed by atoms with Gasteiger partial charge in [0.1, 0.15) is 0 Å². The van der Waals surface area contributed by atoms with E-state index in [9.17, 15) is 4.79 Å². The van der Waals surface area contributed by atoms with Crippen molar-refractivity contribution in [1.29, 1.82) is 0 Å². The second-order valence-electron chi connectivity index (χ2n) is 5.22. The predicted molar refractivity (Wildman–Crippen MR) is 91.8 cm³/mol. The average Bonchev–Trinajstić information content (AvgIpc) is 2.40. The van der Waals surface area contributed by atoms with E-state index in [2.05, 4.69) is 43.0 Å². The molecule has 0 radical (unpaired) electrons. The smallest absolute Gasteiger partial charge is 0.244 e. The monoisotopic (exact) mass is 295 g/mol. The van der Waals surface area contributed by atoms with Crippen LogP contribution in [0.1, 0.15) is 46.5 Å². The Kier molecular flexibility index (Phi) is 12.4. The van der Waals surface area contributed by atoms with Gasteiger partial charge < -0.3 is 5.32 Å². The lowest BCUT2D eigenvalue weighted by Gasteiger charge is -2.15. The van der Waals surface area contributed by atoms with Crippen LogP contribution in [0.3, 0.4) is 0 Å². The fraction of sp³-hybridized carbons (Fsp3) is 0.588. The van der Waals surface area contributed by atoms with E-state index < -0.39 is 0 Å². The van der Waals surface area contributed by atoms with Crippen LogP contribution >= 0.6 is 11.8 Å². The zero-order chi connectivity index (χ0) is 15.2. The van der Waals surface area contributed by atoms with E-state index in [0.717, 1.165) is 12.8 Å². The van der Waals surface area contributed by atoms with Gasteiger partial charge in [0.15, 0.2) is 0 Å². The molecule has 20 heavy (non-hydrogen) atoms. The Morgan fingerprint density at radius 2 is 1.75 bits per heavy atom. The van der Waals surface area contributed by atoms with Crippen molar-refractivity contribution >= 4 is 17.7 Å². The molecule has 114 valence electrons. The number of hydrogen-bond donors (Lipinski definition) is 1. The SMILES string of the molecule is CSC=CCCCCC=CC=CC(=O)NC(C)C(C)C. The van der Waals surface area contributed by atoms with Crippen molar-refractivity contribution < 1.29 is 4.79 Å². The summed E-state index contributed by atoms with van der Waals surface area (Å²) in [6.07, 6.45) is 16.4. The standard InChI is InChI=1S/C17H29NOS/c1-15(2)16(3)18-17(19)13-11-9-7-5-6-8-10-12-14-20-4/h7,9,11-16H,5-6,8,10H2,1-4H3,(H,18,19). The fourth-order valence-corrected chi connectivity index (χ4v) is 1.77. The summed E-state index contributed by atoms with van der Waals surface area (Å²) in [7, 11) is 0. The number of amides is 1. The van der Waals surface area contributed by atoms with Crippen molar-refractivity contribution in [3.05, 3.63) is 35.8 Å². The topological polar surface area (TPSA) is 29.1 Å². The molecule has 0 aliphatic rings. The Morgan fingerprint density at radius 1 is 1.10 bits per heavy atom. The van der Waals surface area contributed by atoms with Crippen LogP contribution in [-0.4, -0.2) is 18.2 Å². The molecule has 3 heteroatoms. The summed E-state index contributed by atoms with van der Waals surface area (Å²) < 4.78 is 0. The summed E-state index contributed by atoms with van der Waals surface area (Å²) in [5.41, 5.74) is 0. The Hall–Kier alpha value is -0.960. The van der Waals surface area contributed by atoms with E-state index in [0.29, 0.717) is 5.92 Å². The van der Waals surface area contributed by atoms with Crippen LogP contribution in [0.25, 0.3) is 0 Å². The molecule has 1 atom stereocenters. The second kappa shape index (κ2) is 13.0. The number of thioether (sulfide) groups is 1. The molecular formula is C17H29NOS. The number of carbonyl (C=O) groups is 1. The van der Waals surface area contributed by atoms with Gasteiger partial charge in [0.2, 0.25) is 5.91 Å². The highest BCUT2D eigenvalue weighted by atomic mass is 32.2. The van der Waals surface area contributed by atoms with E-state index in [4.69, 9.17) is 0 Å². The van der Waals surface area contributed by atoms with Crippen molar-refractivity contribution in [1.82, 2.24) is 5.32 Å². The molecule has 0 heterocycles. The van der Waals surface area contributed by atoms with Crippen molar-refractivity contribution in [2.45, 2.75) is 52.5 Å². The molecule has 0 saturated carbocycles. The lowest BCUT2D eigenvalue weighted by Crippen LogP contribution is -2.34. The molecule has 0 bridgehead atoms. The minimum Gasteiger partial charge on any atom is -0.350 e. The maximum Gasteiger partial charge on any atom is 0.244 e. The normalized spacial score (nSPS) is 13.8. The van der Waals surface area contributed by atoms with Crippen molar-refractivity contribution in [3.8, 4) is 0 Å². The summed E-state index contributed by atoms with van der Waals surface area (Å²) in [6, 6.07) is 0.213. The lowest BCUT2D eigenvalue weighted by molar-refractivity contribution is -0.117. The van der Waals surface area contributed by atoms with Gasteiger partial charge in [-0.1, -0.05) is 38.2 Å². The molecule has 0 aromatic carbocycles. The lowest BCUT2D eigenvalue weighted by atomic mass is 10.1. The van der Waals surface area contributed by atoms with E-state index >= 15 is 0 Å². The van der Waals surface area contributed by atoms with Gasteiger partial charge in [-0.3, -0.25) is 4.79 Å². The van der Waals surface area contributed by atoms with Gasteiger partial charge in [-0.25, -0.2) is 0 Å². The van der Waals surface area contributed by atoms with Gasteiger partial charge in [0.25, 0.3) is 0 Å². The Morgan fingerprint density at radius 3 is 2.35 bits per heavy atom. The van der Waals surface area contributed by atoms with Crippen LogP contribution in [0, 0.1) is 5.92 Å². The summed E-state index contributed by atoms with van der Waals surface area (Å²) in [4.78, 5) is 11.6. The highest BCUT2D eigenvalue weighted by Gasteiger charge is 2.07. The molecule has 0 rings (SSSR count). The van der Waals surface area contributed by atoms with Crippen LogP contribution in [0.2, 0.25) is 0 Å². The van der Waals surface area contributed by atoms with Crippen LogP contribution in [0.5, 0.6) is 0 Å². The van der Waals surface area contributed by atoms with Crippen LogP contribution < -0.4 is 5.32 Å². The van der Waals surface area contributed by atoms with Crippen LogP contribution in [0.15, 0.2) is 35.8 Å². The summed E-state index contributed by atoms with van der Waals surface area (Å²) in [6.45, 7) is 6.23. The summed E-state index contributed by atoms with van der Waals surface area (Å²) in [5, 5.41) is 5.08. The molecule has 0 spiro atoms. The predicted octanol–water partition coefficient (Wildman–Crippen LogP) is 4.70. The molecule has 0 fully saturated rings. The second-order valence-corrected chi connectivity index (χ2v) is 5.96. The first kappa shape index (κ1) is 19.0. The Bertz CT molecular complexity index is 332. The molecule has 1 N–H and O–H groups in total. The number of allylic oxidation sites excluding steroid dienone is 4. The van der Waals surface area contributed by atoms with Crippen molar-refractivity contribution in [2.24, 2.45) is 5.92 Å². The van der Waals surface area contributed by atoms with Gasteiger partial charge in [0, 0.05) is 12.1 Å². The number of hydrogen-bond acceptors (Lipinski definition) is 2. The zero-order valence-electron chi connectivity index (χ0n) is 13.3. The summed E-state index contributed by atoms with van der Waals surface area (Å²) >= 11 is 1.74. The van der Waals surface area contributed by atoms with Gasteiger partial charge >= 0.3 is 0 Å². The highest BCUT2D eigenvalue weighted by molar-refractivity contribution is 8.01. The van der Waals surface area contributed by atoms with Gasteiger partial charge in [0.05, 0.1) is 0 Å². The highest BCUT2D eigenvalue weighted by Crippen LogP contribution is 2.04. The third-order valence-electron chi connectivity index (χ3n) is 3.09. The average molecular weight is 295 g/mol. The maximum atomic E-state index is 11.6. The van der Waals surface area contributed by atoms with Crippen molar-refractivity contribution in [3.63, 3.8) is 0 Å². The Labute approximate surface area is 128 Å². The Balaban J connectivity index is 3.65. The fourth-order valence-electron chi connectivity index (χ4n) is 1.45. The third-order valence-corrected chi connectivity index (χ3v) is 3.55. The largest absolute Gasteiger partial charge is 0.350 e. The molecule has 1 amide bonds. The number of rotatable bonds is 10. The molecule has 2 nitrogen and oxygen atoms in total. The first-order chi connectivity index (χ1) is 9.57. The molecule has 0 aromatic heterocycles. The van der Waals surface area contributed by atoms with E-state index in [1.165, 1.54) is 12.8 Å². The molecule has 0 aromatic rings. The molecule has 0 aliphatic carbocycles. The van der Waals surface area contributed by atoms with E-state index in [1.54, 1.807) is 17.8 Å². The minimum atomic E-state index is -0.0157. The number of carbonyl (C=O) groups excluding carboxylic acids is 1. The third kappa shape index (κ3) is 12.1. The van der Waals surface area contributed by atoms with Gasteiger partial charge in [-0.05, 0) is 50.2 Å². The molecule has 1 unspecified atom stereocenters. The molecule has 0 aliphatic heterocycles.